The Balaban J connectivity index is 1.50. The lowest BCUT2D eigenvalue weighted by Crippen LogP contribution is -2.46. The number of nitrogens with one attached hydrogen (secondary N) is 1. The molecule has 3 rings (SSSR count). The van der Waals surface area contributed by atoms with Crippen LogP contribution < -0.4 is 0 Å². The van der Waals surface area contributed by atoms with E-state index >= 15 is 0 Å². The maximum absolute atomic E-state index is 4.85. The zero-order valence-corrected chi connectivity index (χ0v) is 15.8. The third-order valence-corrected chi connectivity index (χ3v) is 4.95. The van der Waals surface area contributed by atoms with Gasteiger partial charge in [0.2, 0.25) is 0 Å². The SMILES string of the molecule is Cc1[nH]c(-c2ccccc2)nc1CN1CCN(CCCN(C)C)CC1. The molecule has 0 amide bonds. The molecule has 1 aliphatic heterocycles. The van der Waals surface area contributed by atoms with Crippen molar-refractivity contribution >= 4 is 0 Å². The average molecular weight is 342 g/mol. The van der Waals surface area contributed by atoms with Gasteiger partial charge in [-0.25, -0.2) is 4.98 Å². The van der Waals surface area contributed by atoms with Gasteiger partial charge in [0.1, 0.15) is 5.82 Å². The molecular weight excluding hydrogens is 310 g/mol. The maximum atomic E-state index is 4.85. The van der Waals surface area contributed by atoms with Gasteiger partial charge in [0.25, 0.3) is 0 Å². The van der Waals surface area contributed by atoms with Crippen LogP contribution in [0.5, 0.6) is 0 Å². The van der Waals surface area contributed by atoms with Gasteiger partial charge in [0.15, 0.2) is 0 Å². The fourth-order valence-electron chi connectivity index (χ4n) is 3.38. The summed E-state index contributed by atoms with van der Waals surface area (Å²) in [5.41, 5.74) is 3.52. The molecule has 0 aliphatic carbocycles. The normalized spacial score (nSPS) is 16.6. The van der Waals surface area contributed by atoms with Crippen LogP contribution in [-0.4, -0.2) is 78.0 Å². The minimum absolute atomic E-state index is 0.945. The second-order valence-corrected chi connectivity index (χ2v) is 7.30. The highest BCUT2D eigenvalue weighted by atomic mass is 15.3. The number of rotatable bonds is 7. The Kier molecular flexibility index (Phi) is 6.24. The van der Waals surface area contributed by atoms with E-state index in [4.69, 9.17) is 4.98 Å². The van der Waals surface area contributed by atoms with Crippen LogP contribution in [-0.2, 0) is 6.54 Å². The summed E-state index contributed by atoms with van der Waals surface area (Å²) in [6.45, 7) is 10.1. The van der Waals surface area contributed by atoms with Gasteiger partial charge in [-0.05, 0) is 40.5 Å². The lowest BCUT2D eigenvalue weighted by molar-refractivity contribution is 0.123. The first-order valence-electron chi connectivity index (χ1n) is 9.32. The number of piperazine rings is 1. The number of imidazole rings is 1. The van der Waals surface area contributed by atoms with Gasteiger partial charge in [-0.2, -0.15) is 0 Å². The molecule has 1 fully saturated rings. The van der Waals surface area contributed by atoms with Crippen LogP contribution in [0.2, 0.25) is 0 Å². The van der Waals surface area contributed by atoms with Crippen molar-refractivity contribution in [3.05, 3.63) is 41.7 Å². The fourth-order valence-corrected chi connectivity index (χ4v) is 3.38. The van der Waals surface area contributed by atoms with Gasteiger partial charge in [-0.1, -0.05) is 30.3 Å². The van der Waals surface area contributed by atoms with Crippen LogP contribution >= 0.6 is 0 Å². The van der Waals surface area contributed by atoms with Crippen LogP contribution in [0, 0.1) is 6.92 Å². The molecule has 1 N–H and O–H groups in total. The summed E-state index contributed by atoms with van der Waals surface area (Å²) in [5, 5.41) is 0. The minimum Gasteiger partial charge on any atom is -0.342 e. The number of nitrogens with zero attached hydrogens (tertiary/aromatic N) is 4. The molecule has 5 heteroatoms. The highest BCUT2D eigenvalue weighted by molar-refractivity contribution is 5.55. The molecule has 1 saturated heterocycles. The van der Waals surface area contributed by atoms with Crippen molar-refractivity contribution in [3.8, 4) is 11.4 Å². The number of H-pyrrole nitrogens is 1. The highest BCUT2D eigenvalue weighted by Crippen LogP contribution is 2.19. The smallest absolute Gasteiger partial charge is 0.137 e. The molecule has 0 radical (unpaired) electrons. The molecule has 0 spiro atoms. The largest absolute Gasteiger partial charge is 0.342 e. The second-order valence-electron chi connectivity index (χ2n) is 7.30. The lowest BCUT2D eigenvalue weighted by atomic mass is 10.2. The van der Waals surface area contributed by atoms with Crippen molar-refractivity contribution in [2.45, 2.75) is 19.9 Å². The molecule has 0 unspecified atom stereocenters. The summed E-state index contributed by atoms with van der Waals surface area (Å²) in [7, 11) is 4.29. The zero-order valence-electron chi connectivity index (χ0n) is 15.8. The van der Waals surface area contributed by atoms with E-state index in [9.17, 15) is 0 Å². The Morgan fingerprint density at radius 1 is 1.04 bits per heavy atom. The van der Waals surface area contributed by atoms with Gasteiger partial charge in [0, 0.05) is 44.0 Å². The van der Waals surface area contributed by atoms with E-state index in [-0.39, 0.29) is 0 Å². The van der Waals surface area contributed by atoms with Crippen molar-refractivity contribution in [1.82, 2.24) is 24.7 Å². The molecule has 0 bridgehead atoms. The molecule has 2 heterocycles. The van der Waals surface area contributed by atoms with E-state index in [1.165, 1.54) is 44.0 Å². The molecule has 1 aliphatic rings. The zero-order chi connectivity index (χ0) is 17.6. The van der Waals surface area contributed by atoms with Crippen molar-refractivity contribution in [2.75, 3.05) is 53.4 Å². The molecule has 1 aromatic heterocycles. The minimum atomic E-state index is 0.945. The van der Waals surface area contributed by atoms with Gasteiger partial charge < -0.3 is 14.8 Å². The molecule has 1 aromatic carbocycles. The summed E-state index contributed by atoms with van der Waals surface area (Å²) in [4.78, 5) is 15.7. The van der Waals surface area contributed by atoms with Gasteiger partial charge in [-0.3, -0.25) is 4.90 Å². The molecule has 0 atom stereocenters. The van der Waals surface area contributed by atoms with E-state index in [2.05, 4.69) is 65.0 Å². The highest BCUT2D eigenvalue weighted by Gasteiger charge is 2.19. The Morgan fingerprint density at radius 2 is 1.72 bits per heavy atom. The van der Waals surface area contributed by atoms with E-state index in [1.807, 2.05) is 6.07 Å². The first-order valence-corrected chi connectivity index (χ1v) is 9.32. The summed E-state index contributed by atoms with van der Waals surface area (Å²) in [6.07, 6.45) is 1.26. The number of hydrogen-bond acceptors (Lipinski definition) is 4. The Bertz CT molecular complexity index is 641. The summed E-state index contributed by atoms with van der Waals surface area (Å²) < 4.78 is 0. The van der Waals surface area contributed by atoms with E-state index < -0.39 is 0 Å². The third kappa shape index (κ3) is 5.14. The maximum Gasteiger partial charge on any atom is 0.137 e. The second kappa shape index (κ2) is 8.61. The van der Waals surface area contributed by atoms with Gasteiger partial charge in [-0.15, -0.1) is 0 Å². The lowest BCUT2D eigenvalue weighted by Gasteiger charge is -2.34. The number of benzene rings is 1. The number of hydrogen-bond donors (Lipinski definition) is 1. The van der Waals surface area contributed by atoms with Crippen LogP contribution in [0.1, 0.15) is 17.8 Å². The van der Waals surface area contributed by atoms with E-state index in [0.29, 0.717) is 0 Å². The summed E-state index contributed by atoms with van der Waals surface area (Å²) in [5.74, 6) is 0.982. The number of aryl methyl sites for hydroxylation is 1. The molecule has 0 saturated carbocycles. The van der Waals surface area contributed by atoms with Gasteiger partial charge >= 0.3 is 0 Å². The summed E-state index contributed by atoms with van der Waals surface area (Å²) >= 11 is 0. The Labute approximate surface area is 151 Å². The first-order chi connectivity index (χ1) is 12.1. The first kappa shape index (κ1) is 18.1. The molecule has 2 aromatic rings. The van der Waals surface area contributed by atoms with E-state index in [1.54, 1.807) is 0 Å². The molecule has 25 heavy (non-hydrogen) atoms. The molecular formula is C20H31N5. The molecule has 136 valence electrons. The Morgan fingerprint density at radius 3 is 2.40 bits per heavy atom. The third-order valence-electron chi connectivity index (χ3n) is 4.95. The van der Waals surface area contributed by atoms with Crippen LogP contribution in [0.3, 0.4) is 0 Å². The Hall–Kier alpha value is -1.69. The van der Waals surface area contributed by atoms with Crippen molar-refractivity contribution < 1.29 is 0 Å². The topological polar surface area (TPSA) is 38.4 Å². The quantitative estimate of drug-likeness (QED) is 0.840. The standard InChI is InChI=1S/C20H31N5/c1-17-19(22-20(21-17)18-8-5-4-6-9-18)16-25-14-12-24(13-15-25)11-7-10-23(2)3/h4-6,8-9H,7,10-16H2,1-3H3,(H,21,22). The van der Waals surface area contributed by atoms with Crippen LogP contribution in [0.25, 0.3) is 11.4 Å². The predicted octanol–water partition coefficient (Wildman–Crippen LogP) is 2.45. The van der Waals surface area contributed by atoms with Crippen molar-refractivity contribution in [1.29, 1.82) is 0 Å². The van der Waals surface area contributed by atoms with E-state index in [0.717, 1.165) is 31.0 Å². The fraction of sp³-hybridized carbons (Fsp3) is 0.550. The van der Waals surface area contributed by atoms with Crippen LogP contribution in [0.15, 0.2) is 30.3 Å². The monoisotopic (exact) mass is 341 g/mol. The van der Waals surface area contributed by atoms with Crippen molar-refractivity contribution in [3.63, 3.8) is 0 Å². The van der Waals surface area contributed by atoms with Gasteiger partial charge in [0.05, 0.1) is 5.69 Å². The number of aromatic amines is 1. The summed E-state index contributed by atoms with van der Waals surface area (Å²) in [6, 6.07) is 10.4. The predicted molar refractivity (Wildman–Crippen MR) is 104 cm³/mol. The number of aromatic nitrogens is 2. The van der Waals surface area contributed by atoms with Crippen molar-refractivity contribution in [2.24, 2.45) is 0 Å². The molecule has 5 nitrogen and oxygen atoms in total. The van der Waals surface area contributed by atoms with Crippen LogP contribution in [0.4, 0.5) is 0 Å². The average Bonchev–Trinajstić information content (AvgIpc) is 2.98.